The molecule has 2 heterocycles. The third kappa shape index (κ3) is 2.71. The molecule has 1 atom stereocenters. The van der Waals surface area contributed by atoms with Crippen LogP contribution in [0.15, 0.2) is 42.6 Å². The highest BCUT2D eigenvalue weighted by Gasteiger charge is 2.32. The first-order chi connectivity index (χ1) is 10.6. The Bertz CT molecular complexity index is 680. The Kier molecular flexibility index (Phi) is 3.88. The lowest BCUT2D eigenvalue weighted by Crippen LogP contribution is -2.45. The number of fused-ring (bicyclic) bond motifs is 1. The third-order valence-electron chi connectivity index (χ3n) is 4.05. The maximum absolute atomic E-state index is 13.3. The molecular weight excluding hydrogens is 281 g/mol. The summed E-state index contributed by atoms with van der Waals surface area (Å²) in [6.07, 6.45) is 2.05. The molecule has 0 unspecified atom stereocenters. The van der Waals surface area contributed by atoms with Crippen molar-refractivity contribution in [2.75, 3.05) is 11.9 Å². The van der Waals surface area contributed by atoms with Crippen molar-refractivity contribution in [3.8, 4) is 0 Å². The van der Waals surface area contributed by atoms with Gasteiger partial charge in [-0.25, -0.2) is 9.18 Å². The van der Waals surface area contributed by atoms with E-state index in [0.717, 1.165) is 12.2 Å². The topological polar surface area (TPSA) is 37.3 Å². The molecule has 0 bridgehead atoms. The molecule has 1 aliphatic rings. The number of urea groups is 1. The molecule has 0 aliphatic carbocycles. The van der Waals surface area contributed by atoms with E-state index in [1.807, 2.05) is 17.2 Å². The molecule has 116 valence electrons. The Morgan fingerprint density at radius 1 is 1.27 bits per heavy atom. The van der Waals surface area contributed by atoms with Crippen molar-refractivity contribution in [1.29, 1.82) is 0 Å². The SMILES string of the molecule is CC(C)[C@@H]1c2cccn2CCN1C(=O)Nc1cccc(F)c1. The molecule has 0 radical (unpaired) electrons. The number of rotatable bonds is 2. The van der Waals surface area contributed by atoms with Crippen molar-refractivity contribution in [3.05, 3.63) is 54.1 Å². The molecule has 0 fully saturated rings. The fraction of sp³-hybridized carbons (Fsp3) is 0.353. The number of carbonyl (C=O) groups excluding carboxylic acids is 1. The highest BCUT2D eigenvalue weighted by Crippen LogP contribution is 2.32. The van der Waals surface area contributed by atoms with Gasteiger partial charge in [0.05, 0.1) is 6.04 Å². The summed E-state index contributed by atoms with van der Waals surface area (Å²) in [5, 5.41) is 2.80. The second kappa shape index (κ2) is 5.83. The van der Waals surface area contributed by atoms with Crippen molar-refractivity contribution < 1.29 is 9.18 Å². The van der Waals surface area contributed by atoms with Crippen LogP contribution in [0.25, 0.3) is 0 Å². The summed E-state index contributed by atoms with van der Waals surface area (Å²) in [6, 6.07) is 9.89. The summed E-state index contributed by atoms with van der Waals surface area (Å²) >= 11 is 0. The van der Waals surface area contributed by atoms with Crippen LogP contribution in [-0.4, -0.2) is 22.0 Å². The number of aromatic nitrogens is 1. The first-order valence-electron chi connectivity index (χ1n) is 7.54. The first-order valence-corrected chi connectivity index (χ1v) is 7.54. The van der Waals surface area contributed by atoms with Crippen LogP contribution >= 0.6 is 0 Å². The summed E-state index contributed by atoms with van der Waals surface area (Å²) in [6.45, 7) is 5.64. The van der Waals surface area contributed by atoms with E-state index in [2.05, 4.69) is 29.8 Å². The first kappa shape index (κ1) is 14.6. The molecule has 1 aromatic heterocycles. The number of amides is 2. The smallest absolute Gasteiger partial charge is 0.322 e. The van der Waals surface area contributed by atoms with E-state index in [0.29, 0.717) is 18.2 Å². The normalized spacial score (nSPS) is 17.5. The molecule has 1 N–H and O–H groups in total. The zero-order valence-electron chi connectivity index (χ0n) is 12.8. The van der Waals surface area contributed by atoms with Gasteiger partial charge in [0.1, 0.15) is 5.82 Å². The molecule has 4 nitrogen and oxygen atoms in total. The molecule has 0 saturated carbocycles. The summed E-state index contributed by atoms with van der Waals surface area (Å²) < 4.78 is 15.4. The van der Waals surface area contributed by atoms with Crippen LogP contribution in [0.4, 0.5) is 14.9 Å². The largest absolute Gasteiger partial charge is 0.348 e. The van der Waals surface area contributed by atoms with Crippen LogP contribution in [0.5, 0.6) is 0 Å². The number of hydrogen-bond donors (Lipinski definition) is 1. The van der Waals surface area contributed by atoms with Crippen LogP contribution < -0.4 is 5.32 Å². The zero-order chi connectivity index (χ0) is 15.7. The van der Waals surface area contributed by atoms with Crippen molar-refractivity contribution in [1.82, 2.24) is 9.47 Å². The van der Waals surface area contributed by atoms with Gasteiger partial charge in [0, 0.05) is 30.7 Å². The number of hydrogen-bond acceptors (Lipinski definition) is 1. The van der Waals surface area contributed by atoms with Gasteiger partial charge in [0.25, 0.3) is 0 Å². The number of benzene rings is 1. The standard InChI is InChI=1S/C17H20FN3O/c1-12(2)16-15-7-4-8-20(15)9-10-21(16)17(22)19-14-6-3-5-13(18)11-14/h3-8,11-12,16H,9-10H2,1-2H3,(H,19,22)/t16-/m1/s1. The molecular formula is C17H20FN3O. The van der Waals surface area contributed by atoms with E-state index < -0.39 is 0 Å². The second-order valence-corrected chi connectivity index (χ2v) is 5.95. The number of anilines is 1. The van der Waals surface area contributed by atoms with Gasteiger partial charge in [-0.1, -0.05) is 19.9 Å². The van der Waals surface area contributed by atoms with Gasteiger partial charge >= 0.3 is 6.03 Å². The van der Waals surface area contributed by atoms with Gasteiger partial charge in [0.2, 0.25) is 0 Å². The summed E-state index contributed by atoms with van der Waals surface area (Å²) in [5.74, 6) is -0.0575. The lowest BCUT2D eigenvalue weighted by molar-refractivity contribution is 0.144. The van der Waals surface area contributed by atoms with Crippen molar-refractivity contribution in [2.24, 2.45) is 5.92 Å². The minimum Gasteiger partial charge on any atom is -0.348 e. The van der Waals surface area contributed by atoms with Crippen LogP contribution in [-0.2, 0) is 6.54 Å². The van der Waals surface area contributed by atoms with Gasteiger partial charge in [-0.15, -0.1) is 0 Å². The quantitative estimate of drug-likeness (QED) is 0.898. The Morgan fingerprint density at radius 3 is 2.82 bits per heavy atom. The fourth-order valence-corrected chi connectivity index (χ4v) is 3.10. The second-order valence-electron chi connectivity index (χ2n) is 5.95. The van der Waals surface area contributed by atoms with E-state index in [4.69, 9.17) is 0 Å². The highest BCUT2D eigenvalue weighted by molar-refractivity contribution is 5.89. The van der Waals surface area contributed by atoms with Crippen LogP contribution in [0.1, 0.15) is 25.6 Å². The fourth-order valence-electron chi connectivity index (χ4n) is 3.10. The third-order valence-corrected chi connectivity index (χ3v) is 4.05. The van der Waals surface area contributed by atoms with E-state index in [1.165, 1.54) is 12.1 Å². The average molecular weight is 301 g/mol. The highest BCUT2D eigenvalue weighted by atomic mass is 19.1. The molecule has 22 heavy (non-hydrogen) atoms. The van der Waals surface area contributed by atoms with Crippen molar-refractivity contribution in [2.45, 2.75) is 26.4 Å². The molecule has 0 saturated heterocycles. The Morgan fingerprint density at radius 2 is 2.09 bits per heavy atom. The van der Waals surface area contributed by atoms with Crippen molar-refractivity contribution in [3.63, 3.8) is 0 Å². The number of halogens is 1. The maximum Gasteiger partial charge on any atom is 0.322 e. The number of nitrogens with zero attached hydrogens (tertiary/aromatic N) is 2. The lowest BCUT2D eigenvalue weighted by atomic mass is 9.97. The minimum absolute atomic E-state index is 0.0253. The van der Waals surface area contributed by atoms with E-state index in [9.17, 15) is 9.18 Å². The molecule has 1 aliphatic heterocycles. The monoisotopic (exact) mass is 301 g/mol. The molecule has 2 aromatic rings. The van der Waals surface area contributed by atoms with Crippen molar-refractivity contribution >= 4 is 11.7 Å². The number of carbonyl (C=O) groups is 1. The van der Waals surface area contributed by atoms with Gasteiger partial charge < -0.3 is 14.8 Å². The average Bonchev–Trinajstić information content (AvgIpc) is 2.94. The molecule has 2 amide bonds. The Balaban J connectivity index is 1.82. The zero-order valence-corrected chi connectivity index (χ0v) is 12.8. The van der Waals surface area contributed by atoms with E-state index in [1.54, 1.807) is 12.1 Å². The molecule has 3 rings (SSSR count). The minimum atomic E-state index is -0.356. The maximum atomic E-state index is 13.3. The van der Waals surface area contributed by atoms with E-state index in [-0.39, 0.29) is 17.9 Å². The molecule has 5 heteroatoms. The summed E-state index contributed by atoms with van der Waals surface area (Å²) in [4.78, 5) is 14.4. The van der Waals surface area contributed by atoms with Gasteiger partial charge in [-0.2, -0.15) is 0 Å². The predicted octanol–water partition coefficient (Wildman–Crippen LogP) is 3.87. The van der Waals surface area contributed by atoms with Gasteiger partial charge in [0.15, 0.2) is 0 Å². The molecule has 0 spiro atoms. The van der Waals surface area contributed by atoms with Crippen LogP contribution in [0, 0.1) is 11.7 Å². The number of nitrogens with one attached hydrogen (secondary N) is 1. The Hall–Kier alpha value is -2.30. The Labute approximate surface area is 129 Å². The predicted molar refractivity (Wildman–Crippen MR) is 84.1 cm³/mol. The van der Waals surface area contributed by atoms with Gasteiger partial charge in [-0.05, 0) is 36.2 Å². The van der Waals surface area contributed by atoms with Gasteiger partial charge in [-0.3, -0.25) is 0 Å². The summed E-state index contributed by atoms with van der Waals surface area (Å²) in [5.41, 5.74) is 1.63. The molecule has 1 aromatic carbocycles. The van der Waals surface area contributed by atoms with Crippen LogP contribution in [0.2, 0.25) is 0 Å². The summed E-state index contributed by atoms with van der Waals surface area (Å²) in [7, 11) is 0. The van der Waals surface area contributed by atoms with E-state index >= 15 is 0 Å². The lowest BCUT2D eigenvalue weighted by Gasteiger charge is -2.39. The van der Waals surface area contributed by atoms with Crippen LogP contribution in [0.3, 0.4) is 0 Å².